The van der Waals surface area contributed by atoms with Crippen molar-refractivity contribution in [3.05, 3.63) is 69.3 Å². The van der Waals surface area contributed by atoms with Crippen molar-refractivity contribution in [3.8, 4) is 0 Å². The van der Waals surface area contributed by atoms with E-state index in [1.54, 1.807) is 6.92 Å². The van der Waals surface area contributed by atoms with Crippen molar-refractivity contribution in [3.63, 3.8) is 0 Å². The fraction of sp³-hybridized carbons (Fsp3) is 0.250. The highest BCUT2D eigenvalue weighted by atomic mass is 19.1. The fourth-order valence-corrected chi connectivity index (χ4v) is 2.44. The smallest absolute Gasteiger partial charge is 0.287 e. The van der Waals surface area contributed by atoms with E-state index in [9.17, 15) is 18.4 Å². The first-order valence-electron chi connectivity index (χ1n) is 6.79. The number of benzene rings is 1. The number of carbonyl (C=O) groups excluding carboxylic acids is 1. The number of aryl methyl sites for hydroxylation is 1. The van der Waals surface area contributed by atoms with E-state index in [0.29, 0.717) is 24.2 Å². The molecule has 0 unspecified atom stereocenters. The second-order valence-corrected chi connectivity index (χ2v) is 5.46. The molecule has 4 nitrogen and oxygen atoms in total. The molecular formula is C16H13F2NO3. The van der Waals surface area contributed by atoms with Crippen molar-refractivity contribution in [1.29, 1.82) is 0 Å². The van der Waals surface area contributed by atoms with Gasteiger partial charge in [0.1, 0.15) is 17.4 Å². The molecule has 0 bridgehead atoms. The molecule has 22 heavy (non-hydrogen) atoms. The monoisotopic (exact) mass is 305 g/mol. The Bertz CT molecular complexity index is 789. The number of hydrogen-bond acceptors (Lipinski definition) is 3. The van der Waals surface area contributed by atoms with E-state index in [0.717, 1.165) is 12.1 Å². The second kappa shape index (κ2) is 5.05. The van der Waals surface area contributed by atoms with Gasteiger partial charge in [0.25, 0.3) is 5.91 Å². The minimum absolute atomic E-state index is 0.117. The Hall–Kier alpha value is -2.50. The van der Waals surface area contributed by atoms with E-state index >= 15 is 0 Å². The lowest BCUT2D eigenvalue weighted by Crippen LogP contribution is -2.35. The molecule has 6 heteroatoms. The molecule has 0 radical (unpaired) electrons. The highest BCUT2D eigenvalue weighted by Gasteiger charge is 2.46. The molecule has 1 fully saturated rings. The van der Waals surface area contributed by atoms with Crippen LogP contribution in [0.3, 0.4) is 0 Å². The molecule has 0 aliphatic heterocycles. The second-order valence-electron chi connectivity index (χ2n) is 5.46. The summed E-state index contributed by atoms with van der Waals surface area (Å²) >= 11 is 0. The third kappa shape index (κ3) is 2.77. The van der Waals surface area contributed by atoms with Gasteiger partial charge < -0.3 is 9.73 Å². The number of amides is 1. The van der Waals surface area contributed by atoms with E-state index in [-0.39, 0.29) is 11.2 Å². The maximum atomic E-state index is 13.3. The van der Waals surface area contributed by atoms with Gasteiger partial charge >= 0.3 is 0 Å². The summed E-state index contributed by atoms with van der Waals surface area (Å²) in [5.41, 5.74) is -0.772. The Morgan fingerprint density at radius 2 is 1.77 bits per heavy atom. The van der Waals surface area contributed by atoms with Gasteiger partial charge in [-0.2, -0.15) is 0 Å². The highest BCUT2D eigenvalue weighted by Crippen LogP contribution is 2.46. The van der Waals surface area contributed by atoms with Gasteiger partial charge in [-0.25, -0.2) is 8.78 Å². The molecule has 1 N–H and O–H groups in total. The van der Waals surface area contributed by atoms with Crippen LogP contribution in [0.4, 0.5) is 8.78 Å². The third-order valence-electron chi connectivity index (χ3n) is 3.63. The van der Waals surface area contributed by atoms with Crippen LogP contribution in [0.2, 0.25) is 0 Å². The van der Waals surface area contributed by atoms with Crippen LogP contribution in [-0.4, -0.2) is 5.91 Å². The maximum Gasteiger partial charge on any atom is 0.287 e. The van der Waals surface area contributed by atoms with Crippen molar-refractivity contribution in [1.82, 2.24) is 5.32 Å². The lowest BCUT2D eigenvalue weighted by atomic mass is 10.0. The SMILES string of the molecule is Cc1cc(=O)cc(C(=O)NC2(c3cc(F)cc(F)c3)CC2)o1. The number of nitrogens with one attached hydrogen (secondary N) is 1. The van der Waals surface area contributed by atoms with Gasteiger partial charge in [0.2, 0.25) is 0 Å². The Labute approximate surface area is 124 Å². The summed E-state index contributed by atoms with van der Waals surface area (Å²) in [4.78, 5) is 23.6. The van der Waals surface area contributed by atoms with E-state index in [1.807, 2.05) is 0 Å². The van der Waals surface area contributed by atoms with Crippen molar-refractivity contribution in [2.24, 2.45) is 0 Å². The van der Waals surface area contributed by atoms with Gasteiger partial charge in [-0.1, -0.05) is 0 Å². The lowest BCUT2D eigenvalue weighted by molar-refractivity contribution is 0.0898. The van der Waals surface area contributed by atoms with Crippen LogP contribution in [0.25, 0.3) is 0 Å². The van der Waals surface area contributed by atoms with E-state index in [1.165, 1.54) is 18.2 Å². The van der Waals surface area contributed by atoms with Crippen LogP contribution >= 0.6 is 0 Å². The van der Waals surface area contributed by atoms with Gasteiger partial charge in [-0.05, 0) is 37.5 Å². The summed E-state index contributed by atoms with van der Waals surface area (Å²) in [5, 5.41) is 2.70. The van der Waals surface area contributed by atoms with Crippen LogP contribution in [0.5, 0.6) is 0 Å². The molecule has 1 aliphatic carbocycles. The molecule has 1 aromatic heterocycles. The highest BCUT2D eigenvalue weighted by molar-refractivity contribution is 5.92. The zero-order valence-electron chi connectivity index (χ0n) is 11.8. The zero-order valence-corrected chi connectivity index (χ0v) is 11.8. The normalized spacial score (nSPS) is 15.4. The number of hydrogen-bond donors (Lipinski definition) is 1. The molecule has 1 amide bonds. The van der Waals surface area contributed by atoms with Gasteiger partial charge in [0.05, 0.1) is 5.54 Å². The maximum absolute atomic E-state index is 13.3. The standard InChI is InChI=1S/C16H13F2NO3/c1-9-4-13(20)8-14(22-9)15(21)19-16(2-3-16)10-5-11(17)7-12(18)6-10/h4-8H,2-3H2,1H3,(H,19,21). The first kappa shape index (κ1) is 14.4. The number of halogens is 2. The Balaban J connectivity index is 1.88. The van der Waals surface area contributed by atoms with Gasteiger partial charge in [-0.3, -0.25) is 9.59 Å². The Morgan fingerprint density at radius 1 is 1.14 bits per heavy atom. The molecule has 1 aliphatic rings. The van der Waals surface area contributed by atoms with Crippen LogP contribution in [0.1, 0.15) is 34.7 Å². The molecule has 2 aromatic rings. The average molecular weight is 305 g/mol. The molecule has 0 spiro atoms. The van der Waals surface area contributed by atoms with Gasteiger partial charge in [0, 0.05) is 18.2 Å². The van der Waals surface area contributed by atoms with Crippen molar-refractivity contribution < 1.29 is 18.0 Å². The minimum Gasteiger partial charge on any atom is -0.456 e. The summed E-state index contributed by atoms with van der Waals surface area (Å²) in [6, 6.07) is 5.53. The molecule has 0 atom stereocenters. The summed E-state index contributed by atoms with van der Waals surface area (Å²) in [6.45, 7) is 1.56. The van der Waals surface area contributed by atoms with Crippen molar-refractivity contribution in [2.75, 3.05) is 0 Å². The largest absolute Gasteiger partial charge is 0.456 e. The molecule has 0 saturated heterocycles. The molecule has 1 aromatic carbocycles. The van der Waals surface area contributed by atoms with Crippen LogP contribution in [-0.2, 0) is 5.54 Å². The van der Waals surface area contributed by atoms with Gasteiger partial charge in [0.15, 0.2) is 11.2 Å². The van der Waals surface area contributed by atoms with Crippen molar-refractivity contribution >= 4 is 5.91 Å². The summed E-state index contributed by atoms with van der Waals surface area (Å²) < 4.78 is 31.9. The van der Waals surface area contributed by atoms with Crippen molar-refractivity contribution in [2.45, 2.75) is 25.3 Å². The first-order valence-corrected chi connectivity index (χ1v) is 6.79. The predicted octanol–water partition coefficient (Wildman–Crippen LogP) is 2.65. The molecular weight excluding hydrogens is 292 g/mol. The Kier molecular flexibility index (Phi) is 3.31. The minimum atomic E-state index is -0.803. The summed E-state index contributed by atoms with van der Waals surface area (Å²) in [5.74, 6) is -1.77. The van der Waals surface area contributed by atoms with Crippen LogP contribution in [0, 0.1) is 18.6 Å². The van der Waals surface area contributed by atoms with Crippen LogP contribution in [0.15, 0.2) is 39.5 Å². The van der Waals surface area contributed by atoms with E-state index in [2.05, 4.69) is 5.32 Å². The predicted molar refractivity (Wildman–Crippen MR) is 74.5 cm³/mol. The number of carbonyl (C=O) groups is 1. The molecule has 114 valence electrons. The molecule has 1 saturated carbocycles. The Morgan fingerprint density at radius 3 is 2.32 bits per heavy atom. The third-order valence-corrected chi connectivity index (χ3v) is 3.63. The zero-order chi connectivity index (χ0) is 15.9. The van der Waals surface area contributed by atoms with Crippen LogP contribution < -0.4 is 10.7 Å². The topological polar surface area (TPSA) is 59.3 Å². The summed E-state index contributed by atoms with van der Waals surface area (Å²) in [7, 11) is 0. The summed E-state index contributed by atoms with van der Waals surface area (Å²) in [6.07, 6.45) is 1.13. The number of rotatable bonds is 3. The average Bonchev–Trinajstić information content (AvgIpc) is 3.17. The first-order chi connectivity index (χ1) is 10.4. The van der Waals surface area contributed by atoms with E-state index < -0.39 is 23.1 Å². The molecule has 3 rings (SSSR count). The van der Waals surface area contributed by atoms with Gasteiger partial charge in [-0.15, -0.1) is 0 Å². The fourth-order valence-electron chi connectivity index (χ4n) is 2.44. The molecule has 1 heterocycles. The lowest BCUT2D eigenvalue weighted by Gasteiger charge is -2.18. The van der Waals surface area contributed by atoms with E-state index in [4.69, 9.17) is 4.42 Å². The quantitative estimate of drug-likeness (QED) is 0.948.